The number of aldehydes is 1. The number of cyclic esters (lactones) is 1. The number of ether oxygens (including phenoxy) is 3. The standard InChI is InChI=1S/C24H30O9/c1-12-15-7-16(28)19-23(8-15,20(12)29)21(30)32-11-24(19)17(9-25)22(4,10-31-13(2)26)6-5-18(24)33-14(3)27/h9,15-19,28H,1,5-8,10-11H2,2-4H3/t15-,16+,17+,18-,19-,22-,23+,24-/m0/s1. The second-order valence-electron chi connectivity index (χ2n) is 10.4. The maximum atomic E-state index is 13.4. The highest BCUT2D eigenvalue weighted by Gasteiger charge is 2.77. The Morgan fingerprint density at radius 1 is 1.27 bits per heavy atom. The summed E-state index contributed by atoms with van der Waals surface area (Å²) >= 11 is 0. The van der Waals surface area contributed by atoms with Crippen molar-refractivity contribution >= 4 is 30.0 Å². The maximum Gasteiger partial charge on any atom is 0.320 e. The van der Waals surface area contributed by atoms with E-state index in [2.05, 4.69) is 6.58 Å². The van der Waals surface area contributed by atoms with Crippen LogP contribution in [-0.2, 0) is 38.2 Å². The van der Waals surface area contributed by atoms with Gasteiger partial charge in [0.05, 0.1) is 18.1 Å². The van der Waals surface area contributed by atoms with Crippen molar-refractivity contribution in [3.8, 4) is 0 Å². The molecule has 0 aromatic heterocycles. The molecule has 4 aliphatic rings. The first-order chi connectivity index (χ1) is 15.4. The molecule has 9 nitrogen and oxygen atoms in total. The largest absolute Gasteiger partial charge is 0.465 e. The second kappa shape index (κ2) is 7.75. The predicted octanol–water partition coefficient (Wildman–Crippen LogP) is 1.15. The van der Waals surface area contributed by atoms with Gasteiger partial charge in [-0.05, 0) is 37.2 Å². The quantitative estimate of drug-likeness (QED) is 0.215. The van der Waals surface area contributed by atoms with Gasteiger partial charge < -0.3 is 24.1 Å². The van der Waals surface area contributed by atoms with Crippen molar-refractivity contribution in [2.24, 2.45) is 34.0 Å². The normalized spacial score (nSPS) is 44.1. The van der Waals surface area contributed by atoms with E-state index in [0.29, 0.717) is 12.7 Å². The van der Waals surface area contributed by atoms with Gasteiger partial charge in [0.15, 0.2) is 5.78 Å². The van der Waals surface area contributed by atoms with Gasteiger partial charge in [-0.2, -0.15) is 0 Å². The monoisotopic (exact) mass is 462 g/mol. The molecular weight excluding hydrogens is 432 g/mol. The van der Waals surface area contributed by atoms with E-state index < -0.39 is 64.0 Å². The fourth-order valence-corrected chi connectivity index (χ4v) is 7.25. The first kappa shape index (κ1) is 23.6. The third kappa shape index (κ3) is 3.11. The summed E-state index contributed by atoms with van der Waals surface area (Å²) in [4.78, 5) is 63.0. The van der Waals surface area contributed by atoms with Crippen molar-refractivity contribution in [1.29, 1.82) is 0 Å². The lowest BCUT2D eigenvalue weighted by atomic mass is 9.43. The zero-order chi connectivity index (χ0) is 24.3. The van der Waals surface area contributed by atoms with Crippen molar-refractivity contribution in [2.45, 2.75) is 58.7 Å². The van der Waals surface area contributed by atoms with Crippen LogP contribution in [0.4, 0.5) is 0 Å². The third-order valence-corrected chi connectivity index (χ3v) is 8.55. The Morgan fingerprint density at radius 3 is 2.58 bits per heavy atom. The molecule has 33 heavy (non-hydrogen) atoms. The molecule has 0 unspecified atom stereocenters. The molecule has 2 bridgehead atoms. The lowest BCUT2D eigenvalue weighted by molar-refractivity contribution is -0.257. The van der Waals surface area contributed by atoms with E-state index in [0.717, 1.165) is 0 Å². The van der Waals surface area contributed by atoms with Gasteiger partial charge in [-0.15, -0.1) is 0 Å². The lowest BCUT2D eigenvalue weighted by Crippen LogP contribution is -2.71. The van der Waals surface area contributed by atoms with Crippen LogP contribution in [0.3, 0.4) is 0 Å². The molecule has 1 N–H and O–H groups in total. The second-order valence-corrected chi connectivity index (χ2v) is 10.4. The Hall–Kier alpha value is -2.55. The van der Waals surface area contributed by atoms with Gasteiger partial charge in [-0.1, -0.05) is 13.5 Å². The van der Waals surface area contributed by atoms with Gasteiger partial charge in [0, 0.05) is 31.1 Å². The van der Waals surface area contributed by atoms with E-state index in [4.69, 9.17) is 14.2 Å². The van der Waals surface area contributed by atoms with E-state index in [-0.39, 0.29) is 44.0 Å². The van der Waals surface area contributed by atoms with Crippen molar-refractivity contribution in [1.82, 2.24) is 0 Å². The van der Waals surface area contributed by atoms with Gasteiger partial charge in [-0.25, -0.2) is 0 Å². The van der Waals surface area contributed by atoms with Crippen LogP contribution in [0.15, 0.2) is 12.2 Å². The average Bonchev–Trinajstić information content (AvgIpc) is 2.93. The van der Waals surface area contributed by atoms with E-state index in [1.165, 1.54) is 13.8 Å². The Bertz CT molecular complexity index is 940. The number of aliphatic hydroxyl groups excluding tert-OH is 1. The number of esters is 3. The molecule has 180 valence electrons. The van der Waals surface area contributed by atoms with Crippen LogP contribution in [-0.4, -0.2) is 60.5 Å². The highest BCUT2D eigenvalue weighted by molar-refractivity contribution is 6.15. The smallest absolute Gasteiger partial charge is 0.320 e. The molecule has 1 saturated heterocycles. The molecule has 0 radical (unpaired) electrons. The van der Waals surface area contributed by atoms with E-state index in [1.807, 2.05) is 0 Å². The summed E-state index contributed by atoms with van der Waals surface area (Å²) in [7, 11) is 0. The van der Waals surface area contributed by atoms with Gasteiger partial charge >= 0.3 is 17.9 Å². The van der Waals surface area contributed by atoms with E-state index in [9.17, 15) is 29.1 Å². The van der Waals surface area contributed by atoms with Crippen LogP contribution in [0, 0.1) is 34.0 Å². The van der Waals surface area contributed by atoms with Crippen LogP contribution in [0.25, 0.3) is 0 Å². The highest BCUT2D eigenvalue weighted by Crippen LogP contribution is 2.68. The molecule has 1 heterocycles. The maximum absolute atomic E-state index is 13.4. The van der Waals surface area contributed by atoms with Crippen LogP contribution in [0.1, 0.15) is 46.5 Å². The molecular formula is C24H30O9. The van der Waals surface area contributed by atoms with Crippen molar-refractivity contribution < 1.29 is 43.3 Å². The Balaban J connectivity index is 1.92. The third-order valence-electron chi connectivity index (χ3n) is 8.55. The first-order valence-electron chi connectivity index (χ1n) is 11.3. The van der Waals surface area contributed by atoms with Crippen molar-refractivity contribution in [2.75, 3.05) is 13.2 Å². The van der Waals surface area contributed by atoms with Crippen molar-refractivity contribution in [3.63, 3.8) is 0 Å². The fraction of sp³-hybridized carbons (Fsp3) is 0.708. The fourth-order valence-electron chi connectivity index (χ4n) is 7.25. The predicted molar refractivity (Wildman–Crippen MR) is 111 cm³/mol. The Kier molecular flexibility index (Phi) is 5.54. The number of Topliss-reactive ketones (excluding diaryl/α,β-unsaturated/α-hetero) is 1. The lowest BCUT2D eigenvalue weighted by Gasteiger charge is -2.62. The Labute approximate surface area is 191 Å². The summed E-state index contributed by atoms with van der Waals surface area (Å²) in [6, 6.07) is 0. The van der Waals surface area contributed by atoms with E-state index in [1.54, 1.807) is 6.92 Å². The number of aliphatic hydroxyl groups is 1. The number of carbonyl (C=O) groups excluding carboxylic acids is 5. The first-order valence-corrected chi connectivity index (χ1v) is 11.3. The summed E-state index contributed by atoms with van der Waals surface area (Å²) < 4.78 is 16.6. The summed E-state index contributed by atoms with van der Waals surface area (Å²) in [6.07, 6.45) is -0.251. The minimum atomic E-state index is -1.68. The molecule has 0 aromatic rings. The molecule has 1 aliphatic heterocycles. The van der Waals surface area contributed by atoms with Crippen LogP contribution >= 0.6 is 0 Å². The number of carbonyl (C=O) groups is 5. The SMILES string of the molecule is C=C1C(=O)[C@@]23C[C@@H]1C[C@@H](O)[C@@H]2[C@]1(COC3=O)[C@@H](OC(C)=O)CC[C@@](C)(COC(C)=O)[C@H]1C=O. The molecule has 3 aliphatic carbocycles. The molecule has 0 amide bonds. The Morgan fingerprint density at radius 2 is 1.97 bits per heavy atom. The number of hydrogen-bond acceptors (Lipinski definition) is 9. The van der Waals surface area contributed by atoms with Crippen LogP contribution < -0.4 is 0 Å². The average molecular weight is 462 g/mol. The van der Waals surface area contributed by atoms with Crippen molar-refractivity contribution in [3.05, 3.63) is 12.2 Å². The van der Waals surface area contributed by atoms with Gasteiger partial charge in [0.2, 0.25) is 0 Å². The summed E-state index contributed by atoms with van der Waals surface area (Å²) in [5.74, 6) is -4.59. The topological polar surface area (TPSA) is 133 Å². The van der Waals surface area contributed by atoms with Crippen LogP contribution in [0.2, 0.25) is 0 Å². The number of hydrogen-bond donors (Lipinski definition) is 1. The zero-order valence-electron chi connectivity index (χ0n) is 19.1. The molecule has 2 spiro atoms. The van der Waals surface area contributed by atoms with Gasteiger partial charge in [0.1, 0.15) is 24.4 Å². The van der Waals surface area contributed by atoms with Gasteiger partial charge in [0.25, 0.3) is 0 Å². The highest BCUT2D eigenvalue weighted by atomic mass is 16.6. The minimum absolute atomic E-state index is 0.0761. The summed E-state index contributed by atoms with van der Waals surface area (Å²) in [6.45, 7) is 7.80. The van der Waals surface area contributed by atoms with Crippen LogP contribution in [0.5, 0.6) is 0 Å². The molecule has 0 aromatic carbocycles. The minimum Gasteiger partial charge on any atom is -0.465 e. The van der Waals surface area contributed by atoms with E-state index >= 15 is 0 Å². The molecule has 9 heteroatoms. The molecule has 8 atom stereocenters. The molecule has 4 fully saturated rings. The number of fused-ring (bicyclic) bond motifs is 2. The summed E-state index contributed by atoms with van der Waals surface area (Å²) in [5.41, 5.74) is -3.66. The molecule has 3 saturated carbocycles. The number of ketones is 1. The zero-order valence-corrected chi connectivity index (χ0v) is 19.1. The number of rotatable bonds is 4. The van der Waals surface area contributed by atoms with Gasteiger partial charge in [-0.3, -0.25) is 19.2 Å². The molecule has 4 rings (SSSR count). The summed E-state index contributed by atoms with van der Waals surface area (Å²) in [5, 5.41) is 11.4. The number of allylic oxidation sites excluding steroid dienone is 1.